The van der Waals surface area contributed by atoms with Crippen molar-refractivity contribution in [2.75, 3.05) is 19.5 Å². The molecule has 0 saturated heterocycles. The molecule has 2 N–H and O–H groups in total. The van der Waals surface area contributed by atoms with Crippen LogP contribution in [0, 0.1) is 5.82 Å². The van der Waals surface area contributed by atoms with Crippen molar-refractivity contribution in [2.24, 2.45) is 0 Å². The van der Waals surface area contributed by atoms with Crippen molar-refractivity contribution in [1.29, 1.82) is 0 Å². The number of carbonyl (C=O) groups excluding carboxylic acids is 2. The van der Waals surface area contributed by atoms with E-state index in [1.54, 1.807) is 50.6 Å². The predicted octanol–water partition coefficient (Wildman–Crippen LogP) is 4.99. The summed E-state index contributed by atoms with van der Waals surface area (Å²) >= 11 is 0. The molecule has 2 amide bonds. The summed E-state index contributed by atoms with van der Waals surface area (Å²) in [5, 5.41) is 5.67. The first kappa shape index (κ1) is 23.5. The minimum atomic E-state index is -0.398. The van der Waals surface area contributed by atoms with Gasteiger partial charge in [0.05, 0.1) is 20.3 Å². The highest BCUT2D eigenvalue weighted by Gasteiger charge is 2.10. The molecule has 6 nitrogen and oxygen atoms in total. The maximum Gasteiger partial charge on any atom is 0.255 e. The van der Waals surface area contributed by atoms with E-state index < -0.39 is 5.82 Å². The van der Waals surface area contributed by atoms with E-state index in [1.807, 2.05) is 19.1 Å². The van der Waals surface area contributed by atoms with Gasteiger partial charge in [-0.1, -0.05) is 12.1 Å². The maximum atomic E-state index is 13.0. The Bertz CT molecular complexity index is 1120. The number of carbonyl (C=O) groups is 2. The quantitative estimate of drug-likeness (QED) is 0.476. The summed E-state index contributed by atoms with van der Waals surface area (Å²) in [4.78, 5) is 24.6. The summed E-state index contributed by atoms with van der Waals surface area (Å²) in [6.45, 7) is 1.87. The molecule has 0 spiro atoms. The first-order chi connectivity index (χ1) is 15.9. The molecule has 170 valence electrons. The zero-order chi connectivity index (χ0) is 23.8. The third kappa shape index (κ3) is 6.67. The van der Waals surface area contributed by atoms with Gasteiger partial charge >= 0.3 is 0 Å². The van der Waals surface area contributed by atoms with Crippen molar-refractivity contribution in [3.63, 3.8) is 0 Å². The fourth-order valence-corrected chi connectivity index (χ4v) is 3.10. The normalized spacial score (nSPS) is 11.6. The van der Waals surface area contributed by atoms with E-state index >= 15 is 0 Å². The molecule has 0 bridgehead atoms. The van der Waals surface area contributed by atoms with Crippen molar-refractivity contribution < 1.29 is 23.5 Å². The topological polar surface area (TPSA) is 76.7 Å². The molecule has 7 heteroatoms. The Morgan fingerprint density at radius 2 is 1.52 bits per heavy atom. The summed E-state index contributed by atoms with van der Waals surface area (Å²) in [5.41, 5.74) is 2.61. The molecule has 3 aromatic rings. The minimum absolute atomic E-state index is 0.246. The van der Waals surface area contributed by atoms with Gasteiger partial charge in [-0.3, -0.25) is 9.59 Å². The summed E-state index contributed by atoms with van der Waals surface area (Å²) in [6.07, 6.45) is 3.13. The molecule has 3 aromatic carbocycles. The number of halogens is 1. The third-order valence-corrected chi connectivity index (χ3v) is 4.93. The van der Waals surface area contributed by atoms with Crippen molar-refractivity contribution in [3.05, 3.63) is 95.3 Å². The first-order valence-corrected chi connectivity index (χ1v) is 10.3. The number of hydrogen-bond donors (Lipinski definition) is 2. The molecule has 0 aliphatic carbocycles. The van der Waals surface area contributed by atoms with E-state index in [2.05, 4.69) is 10.6 Å². The lowest BCUT2D eigenvalue weighted by molar-refractivity contribution is -0.117. The lowest BCUT2D eigenvalue weighted by Crippen LogP contribution is -2.24. The van der Waals surface area contributed by atoms with Gasteiger partial charge in [0.2, 0.25) is 5.91 Å². The number of methoxy groups -OCH3 is 2. The SMILES string of the molecule is COc1cc(/C=C/C(=O)NC(C)c2ccc(NC(=O)c3ccc(F)cc3)cc2)cc(OC)c1. The summed E-state index contributed by atoms with van der Waals surface area (Å²) in [6, 6.07) is 17.6. The first-order valence-electron chi connectivity index (χ1n) is 10.3. The minimum Gasteiger partial charge on any atom is -0.497 e. The fourth-order valence-electron chi connectivity index (χ4n) is 3.10. The van der Waals surface area contributed by atoms with Crippen LogP contribution < -0.4 is 20.1 Å². The number of amides is 2. The van der Waals surface area contributed by atoms with Gasteiger partial charge in [0.1, 0.15) is 17.3 Å². The van der Waals surface area contributed by atoms with Crippen LogP contribution >= 0.6 is 0 Å². The lowest BCUT2D eigenvalue weighted by Gasteiger charge is -2.14. The molecule has 0 fully saturated rings. The Morgan fingerprint density at radius 3 is 2.09 bits per heavy atom. The maximum absolute atomic E-state index is 13.0. The standard InChI is InChI=1S/C26H25FN2O4/c1-17(28-25(30)13-4-18-14-23(32-2)16-24(15-18)33-3)19-7-11-22(12-8-19)29-26(31)20-5-9-21(27)10-6-20/h4-17H,1-3H3,(H,28,30)(H,29,31)/b13-4+. The zero-order valence-electron chi connectivity index (χ0n) is 18.6. The Kier molecular flexibility index (Phi) is 7.81. The molecule has 0 aliphatic rings. The van der Waals surface area contributed by atoms with Crippen LogP contribution in [0.1, 0.15) is 34.5 Å². The molecule has 0 aliphatic heterocycles. The Labute approximate surface area is 192 Å². The number of nitrogens with one attached hydrogen (secondary N) is 2. The summed E-state index contributed by atoms with van der Waals surface area (Å²) in [5.74, 6) is 0.287. The van der Waals surface area contributed by atoms with Crippen LogP contribution in [-0.4, -0.2) is 26.0 Å². The van der Waals surface area contributed by atoms with Gasteiger partial charge in [-0.25, -0.2) is 4.39 Å². The van der Waals surface area contributed by atoms with Gasteiger partial charge in [-0.05, 0) is 72.7 Å². The van der Waals surface area contributed by atoms with E-state index in [0.717, 1.165) is 11.1 Å². The smallest absolute Gasteiger partial charge is 0.255 e. The van der Waals surface area contributed by atoms with Crippen LogP contribution in [-0.2, 0) is 4.79 Å². The predicted molar refractivity (Wildman–Crippen MR) is 126 cm³/mol. The van der Waals surface area contributed by atoms with Gasteiger partial charge in [-0.15, -0.1) is 0 Å². The lowest BCUT2D eigenvalue weighted by atomic mass is 10.1. The largest absolute Gasteiger partial charge is 0.497 e. The number of ether oxygens (including phenoxy) is 2. The van der Waals surface area contributed by atoms with Crippen LogP contribution in [0.2, 0.25) is 0 Å². The zero-order valence-corrected chi connectivity index (χ0v) is 18.6. The highest BCUT2D eigenvalue weighted by atomic mass is 19.1. The molecule has 1 unspecified atom stereocenters. The second-order valence-corrected chi connectivity index (χ2v) is 7.29. The molecule has 1 atom stereocenters. The number of hydrogen-bond acceptors (Lipinski definition) is 4. The molecular formula is C26H25FN2O4. The highest BCUT2D eigenvalue weighted by molar-refractivity contribution is 6.04. The van der Waals surface area contributed by atoms with E-state index in [-0.39, 0.29) is 17.9 Å². The van der Waals surface area contributed by atoms with Crippen LogP contribution in [0.25, 0.3) is 6.08 Å². The Hall–Kier alpha value is -4.13. The highest BCUT2D eigenvalue weighted by Crippen LogP contribution is 2.23. The fraction of sp³-hybridized carbons (Fsp3) is 0.154. The van der Waals surface area contributed by atoms with Crippen LogP contribution in [0.3, 0.4) is 0 Å². The average Bonchev–Trinajstić information content (AvgIpc) is 2.83. The van der Waals surface area contributed by atoms with Crippen LogP contribution in [0.5, 0.6) is 11.5 Å². The van der Waals surface area contributed by atoms with Crippen molar-refractivity contribution >= 4 is 23.6 Å². The van der Waals surface area contributed by atoms with Gasteiger partial charge in [0, 0.05) is 23.4 Å². The van der Waals surface area contributed by atoms with E-state index in [9.17, 15) is 14.0 Å². The Balaban J connectivity index is 1.58. The molecule has 0 radical (unpaired) electrons. The van der Waals surface area contributed by atoms with E-state index in [4.69, 9.17) is 9.47 Å². The van der Waals surface area contributed by atoms with Gasteiger partial charge in [0.15, 0.2) is 0 Å². The van der Waals surface area contributed by atoms with Crippen LogP contribution in [0.4, 0.5) is 10.1 Å². The number of rotatable bonds is 8. The summed E-state index contributed by atoms with van der Waals surface area (Å²) in [7, 11) is 3.13. The second-order valence-electron chi connectivity index (χ2n) is 7.29. The monoisotopic (exact) mass is 448 g/mol. The molecular weight excluding hydrogens is 423 g/mol. The molecule has 33 heavy (non-hydrogen) atoms. The average molecular weight is 448 g/mol. The number of anilines is 1. The number of benzene rings is 3. The molecule has 3 rings (SSSR count). The van der Waals surface area contributed by atoms with Crippen LogP contribution in [0.15, 0.2) is 72.8 Å². The molecule has 0 heterocycles. The van der Waals surface area contributed by atoms with E-state index in [1.165, 1.54) is 30.3 Å². The molecule has 0 aromatic heterocycles. The van der Waals surface area contributed by atoms with Crippen molar-refractivity contribution in [2.45, 2.75) is 13.0 Å². The van der Waals surface area contributed by atoms with Gasteiger partial charge in [0.25, 0.3) is 5.91 Å². The summed E-state index contributed by atoms with van der Waals surface area (Å²) < 4.78 is 23.5. The second kappa shape index (κ2) is 10.9. The third-order valence-electron chi connectivity index (χ3n) is 4.93. The van der Waals surface area contributed by atoms with Gasteiger partial charge in [-0.2, -0.15) is 0 Å². The van der Waals surface area contributed by atoms with Crippen molar-refractivity contribution in [3.8, 4) is 11.5 Å². The Morgan fingerprint density at radius 1 is 0.909 bits per heavy atom. The molecule has 0 saturated carbocycles. The van der Waals surface area contributed by atoms with Gasteiger partial charge < -0.3 is 20.1 Å². The van der Waals surface area contributed by atoms with E-state index in [0.29, 0.717) is 22.7 Å². The van der Waals surface area contributed by atoms with Crippen molar-refractivity contribution in [1.82, 2.24) is 5.32 Å².